The summed E-state index contributed by atoms with van der Waals surface area (Å²) in [5.74, 6) is 0.275. The molecular weight excluding hydrogens is 366 g/mol. The summed E-state index contributed by atoms with van der Waals surface area (Å²) in [6, 6.07) is 37.6. The van der Waals surface area contributed by atoms with Crippen LogP contribution >= 0.6 is 0 Å². The molecule has 0 saturated heterocycles. The molecule has 6 rings (SSSR count). The molecule has 5 aromatic carbocycles. The monoisotopic (exact) mass is 385 g/mol. The van der Waals surface area contributed by atoms with Crippen molar-refractivity contribution in [3.8, 4) is 22.6 Å². The van der Waals surface area contributed by atoms with E-state index in [0.29, 0.717) is 0 Å². The van der Waals surface area contributed by atoms with Crippen molar-refractivity contribution in [2.24, 2.45) is 0 Å². The van der Waals surface area contributed by atoms with Crippen molar-refractivity contribution >= 4 is 32.6 Å². The zero-order chi connectivity index (χ0) is 20.1. The van der Waals surface area contributed by atoms with Crippen LogP contribution in [0.25, 0.3) is 49.4 Å². The Hall–Kier alpha value is -4.04. The first-order chi connectivity index (χ1) is 14.8. The fraction of sp³-hybridized carbons (Fsp3) is 0. The van der Waals surface area contributed by atoms with Crippen LogP contribution in [0.1, 0.15) is 0 Å². The van der Waals surface area contributed by atoms with Gasteiger partial charge < -0.3 is 9.67 Å². The van der Waals surface area contributed by atoms with E-state index in [9.17, 15) is 5.11 Å². The molecule has 1 aromatic heterocycles. The number of hydrogen-bond donors (Lipinski definition) is 1. The summed E-state index contributed by atoms with van der Waals surface area (Å²) in [7, 11) is 0. The van der Waals surface area contributed by atoms with E-state index in [1.165, 1.54) is 27.3 Å². The molecular formula is C28H19NO. The normalized spacial score (nSPS) is 11.5. The van der Waals surface area contributed by atoms with Crippen molar-refractivity contribution in [2.45, 2.75) is 0 Å². The minimum atomic E-state index is 0.275. The summed E-state index contributed by atoms with van der Waals surface area (Å²) in [6.45, 7) is 0. The Labute approximate surface area is 174 Å². The maximum absolute atomic E-state index is 10.2. The maximum atomic E-state index is 10.2. The quantitative estimate of drug-likeness (QED) is 0.332. The average molecular weight is 385 g/mol. The average Bonchev–Trinajstić information content (AvgIpc) is 3.11. The molecule has 2 heteroatoms. The Morgan fingerprint density at radius 2 is 1.23 bits per heavy atom. The van der Waals surface area contributed by atoms with Crippen molar-refractivity contribution in [3.63, 3.8) is 0 Å². The van der Waals surface area contributed by atoms with Crippen LogP contribution < -0.4 is 0 Å². The van der Waals surface area contributed by atoms with Gasteiger partial charge in [-0.15, -0.1) is 0 Å². The van der Waals surface area contributed by atoms with Crippen molar-refractivity contribution in [1.82, 2.24) is 4.57 Å². The Bertz CT molecular complexity index is 1540. The third-order valence-electron chi connectivity index (χ3n) is 5.87. The molecule has 0 aliphatic carbocycles. The molecule has 0 atom stereocenters. The molecule has 0 spiro atoms. The summed E-state index contributed by atoms with van der Waals surface area (Å²) in [5, 5.41) is 15.0. The van der Waals surface area contributed by atoms with E-state index in [1.54, 1.807) is 6.07 Å². The number of benzene rings is 5. The second kappa shape index (κ2) is 6.50. The summed E-state index contributed by atoms with van der Waals surface area (Å²) in [5.41, 5.74) is 5.63. The van der Waals surface area contributed by atoms with Crippen molar-refractivity contribution in [3.05, 3.63) is 109 Å². The lowest BCUT2D eigenvalue weighted by Gasteiger charge is -2.10. The highest BCUT2D eigenvalue weighted by molar-refractivity contribution is 6.11. The van der Waals surface area contributed by atoms with Gasteiger partial charge in [0.15, 0.2) is 0 Å². The summed E-state index contributed by atoms with van der Waals surface area (Å²) in [6.07, 6.45) is 0. The summed E-state index contributed by atoms with van der Waals surface area (Å²) in [4.78, 5) is 0. The van der Waals surface area contributed by atoms with E-state index in [2.05, 4.69) is 77.4 Å². The Morgan fingerprint density at radius 1 is 0.533 bits per heavy atom. The standard InChI is InChI=1S/C28H19NO/c30-22-14-16-26-25-15-13-20(24-12-6-8-19-7-4-5-11-23(19)24)17-27(25)29(28(26)18-22)21-9-2-1-3-10-21/h1-18,30H. The smallest absolute Gasteiger partial charge is 0.117 e. The van der Waals surface area contributed by atoms with Crippen molar-refractivity contribution in [1.29, 1.82) is 0 Å². The van der Waals surface area contributed by atoms with E-state index in [4.69, 9.17) is 0 Å². The Balaban J connectivity index is 1.71. The fourth-order valence-electron chi connectivity index (χ4n) is 4.51. The number of fused-ring (bicyclic) bond motifs is 4. The zero-order valence-electron chi connectivity index (χ0n) is 16.3. The fourth-order valence-corrected chi connectivity index (χ4v) is 4.51. The number of nitrogens with zero attached hydrogens (tertiary/aromatic N) is 1. The van der Waals surface area contributed by atoms with E-state index in [0.717, 1.165) is 22.1 Å². The van der Waals surface area contributed by atoms with Crippen LogP contribution in [-0.4, -0.2) is 9.67 Å². The van der Waals surface area contributed by atoms with Gasteiger partial charge in [0.25, 0.3) is 0 Å². The highest BCUT2D eigenvalue weighted by Gasteiger charge is 2.14. The third kappa shape index (κ3) is 2.51. The zero-order valence-corrected chi connectivity index (χ0v) is 16.3. The van der Waals surface area contributed by atoms with Crippen LogP contribution in [0.4, 0.5) is 0 Å². The highest BCUT2D eigenvalue weighted by atomic mass is 16.3. The van der Waals surface area contributed by atoms with Crippen LogP contribution in [0.3, 0.4) is 0 Å². The molecule has 30 heavy (non-hydrogen) atoms. The molecule has 0 aliphatic rings. The molecule has 6 aromatic rings. The first-order valence-electron chi connectivity index (χ1n) is 10.1. The third-order valence-corrected chi connectivity index (χ3v) is 5.87. The number of aromatic hydroxyl groups is 1. The second-order valence-electron chi connectivity index (χ2n) is 7.63. The van der Waals surface area contributed by atoms with Gasteiger partial charge in [0, 0.05) is 22.5 Å². The highest BCUT2D eigenvalue weighted by Crippen LogP contribution is 2.37. The Kier molecular flexibility index (Phi) is 3.65. The van der Waals surface area contributed by atoms with Crippen LogP contribution in [-0.2, 0) is 0 Å². The molecule has 0 saturated carbocycles. The van der Waals surface area contributed by atoms with E-state index in [-0.39, 0.29) is 5.75 Å². The van der Waals surface area contributed by atoms with Gasteiger partial charge in [0.05, 0.1) is 11.0 Å². The molecule has 1 heterocycles. The van der Waals surface area contributed by atoms with Gasteiger partial charge >= 0.3 is 0 Å². The maximum Gasteiger partial charge on any atom is 0.117 e. The molecule has 0 bridgehead atoms. The van der Waals surface area contributed by atoms with Crippen molar-refractivity contribution in [2.75, 3.05) is 0 Å². The minimum absolute atomic E-state index is 0.275. The second-order valence-corrected chi connectivity index (χ2v) is 7.63. The first kappa shape index (κ1) is 16.9. The lowest BCUT2D eigenvalue weighted by Crippen LogP contribution is -1.93. The molecule has 0 radical (unpaired) electrons. The number of para-hydroxylation sites is 1. The molecule has 0 aliphatic heterocycles. The number of hydrogen-bond acceptors (Lipinski definition) is 1. The van der Waals surface area contributed by atoms with Crippen molar-refractivity contribution < 1.29 is 5.11 Å². The predicted octanol–water partition coefficient (Wildman–Crippen LogP) is 7.31. The van der Waals surface area contributed by atoms with Crippen LogP contribution in [0.5, 0.6) is 5.75 Å². The van der Waals surface area contributed by atoms with E-state index < -0.39 is 0 Å². The predicted molar refractivity (Wildman–Crippen MR) is 125 cm³/mol. The van der Waals surface area contributed by atoms with Gasteiger partial charge in [-0.3, -0.25) is 0 Å². The van der Waals surface area contributed by atoms with E-state index >= 15 is 0 Å². The van der Waals surface area contributed by atoms with Gasteiger partial charge in [-0.1, -0.05) is 72.8 Å². The van der Waals surface area contributed by atoms with Gasteiger partial charge in [-0.25, -0.2) is 0 Å². The number of phenolic OH excluding ortho intramolecular Hbond substituents is 1. The minimum Gasteiger partial charge on any atom is -0.508 e. The van der Waals surface area contributed by atoms with Gasteiger partial charge in [0.2, 0.25) is 0 Å². The van der Waals surface area contributed by atoms with Crippen LogP contribution in [0.2, 0.25) is 0 Å². The topological polar surface area (TPSA) is 25.2 Å². The number of rotatable bonds is 2. The molecule has 1 N–H and O–H groups in total. The molecule has 0 amide bonds. The molecule has 142 valence electrons. The van der Waals surface area contributed by atoms with Crippen LogP contribution in [0.15, 0.2) is 109 Å². The molecule has 0 fully saturated rings. The van der Waals surface area contributed by atoms with Gasteiger partial charge in [0.1, 0.15) is 5.75 Å². The first-order valence-corrected chi connectivity index (χ1v) is 10.1. The number of aromatic nitrogens is 1. The Morgan fingerprint density at radius 3 is 2.10 bits per heavy atom. The van der Waals surface area contributed by atoms with Gasteiger partial charge in [-0.05, 0) is 52.2 Å². The summed E-state index contributed by atoms with van der Waals surface area (Å²) >= 11 is 0. The molecule has 0 unspecified atom stereocenters. The lowest BCUT2D eigenvalue weighted by atomic mass is 9.97. The molecule has 2 nitrogen and oxygen atoms in total. The largest absolute Gasteiger partial charge is 0.508 e. The lowest BCUT2D eigenvalue weighted by molar-refractivity contribution is 0.476. The van der Waals surface area contributed by atoms with Gasteiger partial charge in [-0.2, -0.15) is 0 Å². The SMILES string of the molecule is Oc1ccc2c3ccc(-c4cccc5ccccc45)cc3n(-c3ccccc3)c2c1. The number of phenols is 1. The van der Waals surface area contributed by atoms with E-state index in [1.807, 2.05) is 30.3 Å². The summed E-state index contributed by atoms with van der Waals surface area (Å²) < 4.78 is 2.24. The van der Waals surface area contributed by atoms with Crippen LogP contribution in [0, 0.1) is 0 Å².